The molecule has 0 fully saturated rings. The van der Waals surface area contributed by atoms with Gasteiger partial charge in [0.2, 0.25) is 11.8 Å². The molecular weight excluding hydrogens is 348 g/mol. The normalized spacial score (nSPS) is 16.6. The van der Waals surface area contributed by atoms with Crippen LogP contribution in [-0.2, 0) is 22.4 Å². The molecule has 7 nitrogen and oxygen atoms in total. The van der Waals surface area contributed by atoms with E-state index >= 15 is 0 Å². The molecule has 1 aliphatic carbocycles. The van der Waals surface area contributed by atoms with Crippen LogP contribution >= 0.6 is 23.1 Å². The number of carbonyl (C=O) groups excluding carboxylic acids is 2. The SMILES string of the molecule is C[C@@H]1CCc2sc(-c3nnc(SCC(=O)NCC(N)=O)o3)cc2C1. The molecule has 2 aromatic rings. The number of thiophene rings is 1. The number of carbonyl (C=O) groups is 2. The highest BCUT2D eigenvalue weighted by Crippen LogP contribution is 2.37. The van der Waals surface area contributed by atoms with E-state index in [1.165, 1.54) is 16.9 Å². The second-order valence-electron chi connectivity index (χ2n) is 5.81. The monoisotopic (exact) mass is 366 g/mol. The summed E-state index contributed by atoms with van der Waals surface area (Å²) in [6.45, 7) is 2.10. The molecule has 1 aliphatic rings. The first-order valence-corrected chi connectivity index (χ1v) is 9.44. The highest BCUT2D eigenvalue weighted by Gasteiger charge is 2.21. The highest BCUT2D eigenvalue weighted by molar-refractivity contribution is 7.99. The summed E-state index contributed by atoms with van der Waals surface area (Å²) in [6, 6.07) is 2.14. The average molecular weight is 366 g/mol. The number of nitrogens with one attached hydrogen (secondary N) is 1. The molecule has 0 saturated carbocycles. The Morgan fingerprint density at radius 3 is 3.12 bits per heavy atom. The highest BCUT2D eigenvalue weighted by atomic mass is 32.2. The van der Waals surface area contributed by atoms with Gasteiger partial charge < -0.3 is 15.5 Å². The van der Waals surface area contributed by atoms with Crippen molar-refractivity contribution < 1.29 is 14.0 Å². The summed E-state index contributed by atoms with van der Waals surface area (Å²) in [4.78, 5) is 24.5. The Kier molecular flexibility index (Phi) is 5.20. The van der Waals surface area contributed by atoms with E-state index in [1.807, 2.05) is 0 Å². The number of hydrogen-bond donors (Lipinski definition) is 2. The maximum atomic E-state index is 11.5. The van der Waals surface area contributed by atoms with Crippen molar-refractivity contribution in [3.05, 3.63) is 16.5 Å². The number of nitrogens with zero attached hydrogens (tertiary/aromatic N) is 2. The van der Waals surface area contributed by atoms with E-state index in [0.717, 1.165) is 29.5 Å². The molecule has 3 N–H and O–H groups in total. The van der Waals surface area contributed by atoms with Crippen LogP contribution in [0, 0.1) is 5.92 Å². The van der Waals surface area contributed by atoms with Crippen LogP contribution in [0.15, 0.2) is 15.7 Å². The van der Waals surface area contributed by atoms with E-state index in [-0.39, 0.29) is 18.2 Å². The standard InChI is InChI=1S/C15H18N4O3S2/c1-8-2-3-10-9(4-8)5-11(24-10)14-18-19-15(22-14)23-7-13(21)17-6-12(16)20/h5,8H,2-4,6-7H2,1H3,(H2,16,20)(H,17,21)/t8-/m1/s1. The Bertz CT molecular complexity index is 756. The molecule has 2 heterocycles. The van der Waals surface area contributed by atoms with Crippen molar-refractivity contribution in [2.24, 2.45) is 11.7 Å². The summed E-state index contributed by atoms with van der Waals surface area (Å²) >= 11 is 2.83. The van der Waals surface area contributed by atoms with Gasteiger partial charge in [-0.3, -0.25) is 9.59 Å². The largest absolute Gasteiger partial charge is 0.410 e. The van der Waals surface area contributed by atoms with Gasteiger partial charge in [0.25, 0.3) is 11.1 Å². The summed E-state index contributed by atoms with van der Waals surface area (Å²) in [6.07, 6.45) is 3.43. The van der Waals surface area contributed by atoms with Crippen LogP contribution in [-0.4, -0.2) is 34.3 Å². The van der Waals surface area contributed by atoms with Crippen LogP contribution in [0.3, 0.4) is 0 Å². The zero-order valence-corrected chi connectivity index (χ0v) is 14.8. The second-order valence-corrected chi connectivity index (χ2v) is 7.88. The maximum absolute atomic E-state index is 11.5. The smallest absolute Gasteiger partial charge is 0.277 e. The van der Waals surface area contributed by atoms with Crippen molar-refractivity contribution in [3.63, 3.8) is 0 Å². The van der Waals surface area contributed by atoms with E-state index in [4.69, 9.17) is 10.2 Å². The number of amides is 2. The number of nitrogens with two attached hydrogens (primary N) is 1. The van der Waals surface area contributed by atoms with Gasteiger partial charge in [-0.1, -0.05) is 18.7 Å². The molecule has 2 aromatic heterocycles. The van der Waals surface area contributed by atoms with Gasteiger partial charge in [-0.2, -0.15) is 0 Å². The Labute approximate surface area is 147 Å². The molecule has 0 bridgehead atoms. The van der Waals surface area contributed by atoms with Crippen molar-refractivity contribution in [2.45, 2.75) is 31.4 Å². The lowest BCUT2D eigenvalue weighted by atomic mass is 9.90. The third-order valence-electron chi connectivity index (χ3n) is 3.73. The van der Waals surface area contributed by atoms with Gasteiger partial charge in [0.05, 0.1) is 17.2 Å². The number of fused-ring (bicyclic) bond motifs is 1. The van der Waals surface area contributed by atoms with Gasteiger partial charge in [-0.25, -0.2) is 0 Å². The molecule has 0 aromatic carbocycles. The number of aryl methyl sites for hydroxylation is 1. The van der Waals surface area contributed by atoms with E-state index in [0.29, 0.717) is 17.0 Å². The summed E-state index contributed by atoms with van der Waals surface area (Å²) in [5.41, 5.74) is 6.35. The molecule has 9 heteroatoms. The first-order chi connectivity index (χ1) is 11.5. The molecule has 1 atom stereocenters. The van der Waals surface area contributed by atoms with Gasteiger partial charge in [0.15, 0.2) is 0 Å². The molecule has 0 radical (unpaired) electrons. The van der Waals surface area contributed by atoms with Crippen molar-refractivity contribution in [1.29, 1.82) is 0 Å². The molecule has 3 rings (SSSR count). The van der Waals surface area contributed by atoms with E-state index in [1.54, 1.807) is 11.3 Å². The van der Waals surface area contributed by atoms with Gasteiger partial charge in [-0.05, 0) is 36.8 Å². The number of aromatic nitrogens is 2. The third kappa shape index (κ3) is 4.15. The zero-order valence-electron chi connectivity index (χ0n) is 13.2. The number of rotatable bonds is 6. The van der Waals surface area contributed by atoms with Crippen molar-refractivity contribution in [1.82, 2.24) is 15.5 Å². The summed E-state index contributed by atoms with van der Waals surface area (Å²) < 4.78 is 5.63. The molecule has 24 heavy (non-hydrogen) atoms. The van der Waals surface area contributed by atoms with Crippen molar-refractivity contribution in [3.8, 4) is 10.8 Å². The minimum absolute atomic E-state index is 0.0906. The Balaban J connectivity index is 1.60. The average Bonchev–Trinajstić information content (AvgIpc) is 3.16. The molecule has 0 aliphatic heterocycles. The Morgan fingerprint density at radius 2 is 2.33 bits per heavy atom. The first kappa shape index (κ1) is 17.0. The molecule has 128 valence electrons. The van der Waals surface area contributed by atoms with Gasteiger partial charge in [-0.15, -0.1) is 21.5 Å². The van der Waals surface area contributed by atoms with Gasteiger partial charge in [0.1, 0.15) is 0 Å². The Hall–Kier alpha value is -1.87. The third-order valence-corrected chi connectivity index (χ3v) is 5.78. The lowest BCUT2D eigenvalue weighted by Crippen LogP contribution is -2.34. The summed E-state index contributed by atoms with van der Waals surface area (Å²) in [7, 11) is 0. The molecule has 0 saturated heterocycles. The lowest BCUT2D eigenvalue weighted by molar-refractivity contribution is -0.123. The van der Waals surface area contributed by atoms with Gasteiger partial charge in [0, 0.05) is 4.88 Å². The minimum Gasteiger partial charge on any atom is -0.410 e. The van der Waals surface area contributed by atoms with E-state index < -0.39 is 5.91 Å². The first-order valence-electron chi connectivity index (χ1n) is 7.64. The predicted octanol–water partition coefficient (Wildman–Crippen LogP) is 1.62. The van der Waals surface area contributed by atoms with Crippen LogP contribution in [0.25, 0.3) is 10.8 Å². The topological polar surface area (TPSA) is 111 Å². The van der Waals surface area contributed by atoms with Crippen LogP contribution < -0.4 is 11.1 Å². The van der Waals surface area contributed by atoms with E-state index in [2.05, 4.69) is 28.5 Å². The van der Waals surface area contributed by atoms with Crippen LogP contribution in [0.4, 0.5) is 0 Å². The molecule has 0 spiro atoms. The van der Waals surface area contributed by atoms with Crippen LogP contribution in [0.5, 0.6) is 0 Å². The summed E-state index contributed by atoms with van der Waals surface area (Å²) in [5.74, 6) is 0.409. The predicted molar refractivity (Wildman–Crippen MR) is 91.7 cm³/mol. The fraction of sp³-hybridized carbons (Fsp3) is 0.467. The van der Waals surface area contributed by atoms with Crippen LogP contribution in [0.1, 0.15) is 23.8 Å². The van der Waals surface area contributed by atoms with Crippen LogP contribution in [0.2, 0.25) is 0 Å². The summed E-state index contributed by atoms with van der Waals surface area (Å²) in [5, 5.41) is 10.8. The number of hydrogen-bond acceptors (Lipinski definition) is 7. The fourth-order valence-electron chi connectivity index (χ4n) is 2.54. The fourth-order valence-corrected chi connectivity index (χ4v) is 4.27. The number of primary amides is 1. The maximum Gasteiger partial charge on any atom is 0.277 e. The van der Waals surface area contributed by atoms with Crippen molar-refractivity contribution in [2.75, 3.05) is 12.3 Å². The molecule has 0 unspecified atom stereocenters. The molecule has 2 amide bonds. The van der Waals surface area contributed by atoms with Crippen molar-refractivity contribution >= 4 is 34.9 Å². The number of thioether (sulfide) groups is 1. The second kappa shape index (κ2) is 7.35. The molecular formula is C15H18N4O3S2. The minimum atomic E-state index is -0.579. The Morgan fingerprint density at radius 1 is 1.50 bits per heavy atom. The lowest BCUT2D eigenvalue weighted by Gasteiger charge is -2.16. The zero-order chi connectivity index (χ0) is 17.1. The quantitative estimate of drug-likeness (QED) is 0.752. The van der Waals surface area contributed by atoms with E-state index in [9.17, 15) is 9.59 Å². The van der Waals surface area contributed by atoms with Gasteiger partial charge >= 0.3 is 0 Å².